The van der Waals surface area contributed by atoms with Gasteiger partial charge in [-0.05, 0) is 50.4 Å². The second-order valence-electron chi connectivity index (χ2n) is 7.50. The number of benzene rings is 2. The van der Waals surface area contributed by atoms with Gasteiger partial charge < -0.3 is 23.7 Å². The van der Waals surface area contributed by atoms with Gasteiger partial charge >= 0.3 is 0 Å². The van der Waals surface area contributed by atoms with Crippen molar-refractivity contribution in [1.82, 2.24) is 9.80 Å². The van der Waals surface area contributed by atoms with Gasteiger partial charge in [0.05, 0.1) is 10.8 Å². The van der Waals surface area contributed by atoms with Crippen molar-refractivity contribution in [3.05, 3.63) is 46.6 Å². The van der Waals surface area contributed by atoms with Crippen LogP contribution in [0.25, 0.3) is 21.9 Å². The van der Waals surface area contributed by atoms with Crippen molar-refractivity contribution in [3.63, 3.8) is 0 Å². The molecule has 0 saturated heterocycles. The molecule has 0 fully saturated rings. The largest absolute Gasteiger partial charge is 0.492 e. The second-order valence-corrected chi connectivity index (χ2v) is 7.50. The maximum absolute atomic E-state index is 12.9. The van der Waals surface area contributed by atoms with Crippen molar-refractivity contribution in [2.45, 2.75) is 27.7 Å². The van der Waals surface area contributed by atoms with E-state index >= 15 is 0 Å². The molecule has 0 aliphatic heterocycles. The molecule has 168 valence electrons. The van der Waals surface area contributed by atoms with E-state index in [0.29, 0.717) is 46.7 Å². The van der Waals surface area contributed by atoms with Crippen LogP contribution in [0.15, 0.2) is 45.6 Å². The molecule has 0 saturated carbocycles. The highest BCUT2D eigenvalue weighted by molar-refractivity contribution is 5.90. The Hall–Kier alpha value is -2.57. The van der Waals surface area contributed by atoms with Crippen molar-refractivity contribution >= 4 is 21.9 Å². The fourth-order valence-corrected chi connectivity index (χ4v) is 3.66. The smallest absolute Gasteiger partial charge is 0.200 e. The van der Waals surface area contributed by atoms with Crippen molar-refractivity contribution in [1.29, 1.82) is 0 Å². The summed E-state index contributed by atoms with van der Waals surface area (Å²) in [5.74, 6) is 1.41. The Labute approximate surface area is 184 Å². The third-order valence-corrected chi connectivity index (χ3v) is 5.76. The maximum atomic E-state index is 12.9. The maximum Gasteiger partial charge on any atom is 0.200 e. The first-order valence-corrected chi connectivity index (χ1v) is 11.3. The molecule has 0 radical (unpaired) electrons. The first kappa shape index (κ1) is 23.1. The van der Waals surface area contributed by atoms with Crippen LogP contribution in [0.4, 0.5) is 0 Å². The lowest BCUT2D eigenvalue weighted by Gasteiger charge is -2.18. The Balaban J connectivity index is 1.78. The quantitative estimate of drug-likeness (QED) is 0.401. The molecular formula is C25H34N2O4. The lowest BCUT2D eigenvalue weighted by atomic mass is 10.1. The first-order chi connectivity index (χ1) is 15.1. The molecule has 0 spiro atoms. The van der Waals surface area contributed by atoms with E-state index in [2.05, 4.69) is 37.5 Å². The molecule has 6 nitrogen and oxygen atoms in total. The minimum Gasteiger partial charge on any atom is -0.492 e. The van der Waals surface area contributed by atoms with Crippen LogP contribution in [0.1, 0.15) is 27.7 Å². The highest BCUT2D eigenvalue weighted by atomic mass is 16.5. The third kappa shape index (κ3) is 5.77. The van der Waals surface area contributed by atoms with Crippen LogP contribution in [0.2, 0.25) is 0 Å². The molecule has 0 aliphatic carbocycles. The zero-order valence-corrected chi connectivity index (χ0v) is 19.1. The van der Waals surface area contributed by atoms with E-state index in [1.54, 1.807) is 24.3 Å². The molecule has 3 aromatic rings. The Morgan fingerprint density at radius 2 is 1.13 bits per heavy atom. The summed E-state index contributed by atoms with van der Waals surface area (Å²) in [7, 11) is 0. The minimum atomic E-state index is -0.0411. The van der Waals surface area contributed by atoms with Crippen LogP contribution in [-0.4, -0.2) is 62.3 Å². The molecular weight excluding hydrogens is 392 g/mol. The molecule has 0 amide bonds. The van der Waals surface area contributed by atoms with Crippen LogP contribution in [-0.2, 0) is 0 Å². The standard InChI is InChI=1S/C25H34N2O4/c1-5-26(6-2)13-15-29-19-9-11-21-23(17-19)31-24-18-20(10-12-22(24)25(21)28)30-16-14-27(7-3)8-4/h9-12,17-18H,5-8,13-16H2,1-4H3. The van der Waals surface area contributed by atoms with Crippen molar-refractivity contribution in [3.8, 4) is 11.5 Å². The van der Waals surface area contributed by atoms with Crippen molar-refractivity contribution < 1.29 is 13.9 Å². The SMILES string of the molecule is CCN(CC)CCOc1ccc2c(=O)c3ccc(OCCN(CC)CC)cc3oc2c1. The molecule has 0 bridgehead atoms. The number of fused-ring (bicyclic) bond motifs is 2. The van der Waals surface area contributed by atoms with Gasteiger partial charge in [-0.2, -0.15) is 0 Å². The van der Waals surface area contributed by atoms with Gasteiger partial charge in [-0.25, -0.2) is 0 Å². The van der Waals surface area contributed by atoms with Crippen LogP contribution in [0.3, 0.4) is 0 Å². The van der Waals surface area contributed by atoms with E-state index < -0.39 is 0 Å². The Morgan fingerprint density at radius 1 is 0.710 bits per heavy atom. The predicted octanol–water partition coefficient (Wildman–Crippen LogP) is 4.39. The molecule has 3 rings (SSSR count). The van der Waals surface area contributed by atoms with Gasteiger partial charge in [0.15, 0.2) is 0 Å². The predicted molar refractivity (Wildman–Crippen MR) is 127 cm³/mol. The Bertz CT molecular complexity index is 960. The summed E-state index contributed by atoms with van der Waals surface area (Å²) in [6, 6.07) is 10.8. The Kier molecular flexibility index (Phi) is 8.32. The van der Waals surface area contributed by atoms with Crippen LogP contribution < -0.4 is 14.9 Å². The lowest BCUT2D eigenvalue weighted by molar-refractivity contribution is 0.223. The number of rotatable bonds is 12. The highest BCUT2D eigenvalue weighted by Gasteiger charge is 2.11. The Morgan fingerprint density at radius 3 is 1.52 bits per heavy atom. The van der Waals surface area contributed by atoms with E-state index in [-0.39, 0.29) is 5.43 Å². The molecule has 0 N–H and O–H groups in total. The first-order valence-electron chi connectivity index (χ1n) is 11.3. The molecule has 6 heteroatoms. The normalized spacial score (nSPS) is 11.7. The topological polar surface area (TPSA) is 55.1 Å². The average Bonchev–Trinajstić information content (AvgIpc) is 2.79. The van der Waals surface area contributed by atoms with Gasteiger partial charge in [-0.3, -0.25) is 4.79 Å². The monoisotopic (exact) mass is 426 g/mol. The summed E-state index contributed by atoms with van der Waals surface area (Å²) in [6.45, 7) is 15.5. The van der Waals surface area contributed by atoms with Gasteiger partial charge in [0.1, 0.15) is 35.9 Å². The molecule has 1 heterocycles. The van der Waals surface area contributed by atoms with Crippen molar-refractivity contribution in [2.24, 2.45) is 0 Å². The number of likely N-dealkylation sites (N-methyl/N-ethyl adjacent to an activating group) is 2. The summed E-state index contributed by atoms with van der Waals surface area (Å²) in [5, 5.41) is 1.11. The zero-order chi connectivity index (χ0) is 22.2. The molecule has 2 aromatic carbocycles. The molecule has 31 heavy (non-hydrogen) atoms. The third-order valence-electron chi connectivity index (χ3n) is 5.76. The summed E-state index contributed by atoms with van der Waals surface area (Å²) in [4.78, 5) is 17.5. The summed E-state index contributed by atoms with van der Waals surface area (Å²) >= 11 is 0. The molecule has 0 atom stereocenters. The summed E-state index contributed by atoms with van der Waals surface area (Å²) in [5.41, 5.74) is 1.01. The van der Waals surface area contributed by atoms with E-state index in [4.69, 9.17) is 13.9 Å². The van der Waals surface area contributed by atoms with Crippen molar-refractivity contribution in [2.75, 3.05) is 52.5 Å². The van der Waals surface area contributed by atoms with E-state index in [1.165, 1.54) is 0 Å². The van der Waals surface area contributed by atoms with Gasteiger partial charge in [-0.1, -0.05) is 27.7 Å². The van der Waals surface area contributed by atoms with E-state index in [0.717, 1.165) is 39.3 Å². The van der Waals surface area contributed by atoms with E-state index in [9.17, 15) is 4.79 Å². The van der Waals surface area contributed by atoms with E-state index in [1.807, 2.05) is 12.1 Å². The highest BCUT2D eigenvalue weighted by Crippen LogP contribution is 2.25. The minimum absolute atomic E-state index is 0.0411. The van der Waals surface area contributed by atoms with Crippen LogP contribution >= 0.6 is 0 Å². The number of ether oxygens (including phenoxy) is 2. The molecule has 0 aliphatic rings. The number of nitrogens with zero attached hydrogens (tertiary/aromatic N) is 2. The van der Waals surface area contributed by atoms with Gasteiger partial charge in [-0.15, -0.1) is 0 Å². The van der Waals surface area contributed by atoms with Crippen LogP contribution in [0.5, 0.6) is 11.5 Å². The molecule has 0 unspecified atom stereocenters. The zero-order valence-electron chi connectivity index (χ0n) is 19.1. The second kappa shape index (κ2) is 11.2. The molecule has 1 aromatic heterocycles. The number of hydrogen-bond donors (Lipinski definition) is 0. The fourth-order valence-electron chi connectivity index (χ4n) is 3.66. The summed E-state index contributed by atoms with van der Waals surface area (Å²) in [6.07, 6.45) is 0. The van der Waals surface area contributed by atoms with Gasteiger partial charge in [0.2, 0.25) is 5.43 Å². The average molecular weight is 427 g/mol. The van der Waals surface area contributed by atoms with Gasteiger partial charge in [0.25, 0.3) is 0 Å². The fraction of sp³-hybridized carbons (Fsp3) is 0.480. The number of hydrogen-bond acceptors (Lipinski definition) is 6. The van der Waals surface area contributed by atoms with Gasteiger partial charge in [0, 0.05) is 25.2 Å². The summed E-state index contributed by atoms with van der Waals surface area (Å²) < 4.78 is 17.8. The van der Waals surface area contributed by atoms with Crippen LogP contribution in [0, 0.1) is 0 Å². The lowest BCUT2D eigenvalue weighted by Crippen LogP contribution is -2.27.